The first-order valence-electron chi connectivity index (χ1n) is 30.7. The predicted octanol–water partition coefficient (Wildman–Crippen LogP) is 14.6. The van der Waals surface area contributed by atoms with Gasteiger partial charge in [0, 0.05) is 52.0 Å². The summed E-state index contributed by atoms with van der Waals surface area (Å²) < 4.78 is 40.8. The Morgan fingerprint density at radius 1 is 0.494 bits per heavy atom. The highest BCUT2D eigenvalue weighted by atomic mass is 16.7. The molecule has 1 heterocycles. The number of esters is 4. The van der Waals surface area contributed by atoms with Gasteiger partial charge in [-0.25, -0.2) is 4.79 Å². The van der Waals surface area contributed by atoms with E-state index in [-0.39, 0.29) is 51.5 Å². The highest BCUT2D eigenvalue weighted by Gasteiger charge is 2.22. The summed E-state index contributed by atoms with van der Waals surface area (Å²) in [6.45, 7) is 18.4. The van der Waals surface area contributed by atoms with Crippen molar-refractivity contribution in [2.45, 2.75) is 245 Å². The zero-order valence-corrected chi connectivity index (χ0v) is 48.9. The molecule has 2 atom stereocenters. The summed E-state index contributed by atoms with van der Waals surface area (Å²) in [6.07, 6.45) is 38.7. The summed E-state index contributed by atoms with van der Waals surface area (Å²) in [6, 6.07) is 0. The third kappa shape index (κ3) is 45.5. The van der Waals surface area contributed by atoms with Crippen LogP contribution in [0.4, 0.5) is 4.79 Å². The average Bonchev–Trinajstić information content (AvgIpc) is 3.95. The van der Waals surface area contributed by atoms with Crippen molar-refractivity contribution in [3.63, 3.8) is 0 Å². The second kappa shape index (κ2) is 52.7. The van der Waals surface area contributed by atoms with E-state index in [1.165, 1.54) is 12.8 Å². The number of alkyl carbamates (subject to hydrolysis) is 1. The maximum Gasteiger partial charge on any atom is 0.407 e. The Bertz CT molecular complexity index is 1510. The second-order valence-corrected chi connectivity index (χ2v) is 20.9. The van der Waals surface area contributed by atoms with Crippen LogP contribution in [-0.2, 0) is 52.3 Å². The first-order valence-corrected chi connectivity index (χ1v) is 30.7. The predicted molar refractivity (Wildman–Crippen MR) is 309 cm³/mol. The molecule has 0 saturated carbocycles. The van der Waals surface area contributed by atoms with Gasteiger partial charge in [-0.3, -0.25) is 19.2 Å². The largest absolute Gasteiger partial charge is 0.465 e. The minimum absolute atomic E-state index is 0.0212. The average molecular weight is 1090 g/mol. The van der Waals surface area contributed by atoms with Crippen molar-refractivity contribution in [2.75, 3.05) is 65.8 Å². The Balaban J connectivity index is 2.86. The topological polar surface area (TPSA) is 165 Å². The number of nitrogens with one attached hydrogen (secondary N) is 1. The molecular formula is C63H110N2O12. The van der Waals surface area contributed by atoms with Crippen LogP contribution in [0.5, 0.6) is 0 Å². The number of ether oxygens (including phenoxy) is 7. The van der Waals surface area contributed by atoms with E-state index in [4.69, 9.17) is 33.2 Å². The summed E-state index contributed by atoms with van der Waals surface area (Å²) in [4.78, 5) is 67.3. The molecule has 0 aromatic heterocycles. The van der Waals surface area contributed by atoms with Gasteiger partial charge in [0.2, 0.25) is 0 Å². The maximum atomic E-state index is 13.2. The molecule has 1 aliphatic heterocycles. The minimum atomic E-state index is -0.631. The van der Waals surface area contributed by atoms with Crippen LogP contribution in [0.2, 0.25) is 0 Å². The summed E-state index contributed by atoms with van der Waals surface area (Å²) in [5.41, 5.74) is 0. The molecule has 2 unspecified atom stereocenters. The molecule has 14 nitrogen and oxygen atoms in total. The molecule has 0 aromatic carbocycles. The molecule has 77 heavy (non-hydrogen) atoms. The van der Waals surface area contributed by atoms with E-state index in [9.17, 15) is 24.0 Å². The van der Waals surface area contributed by atoms with Crippen molar-refractivity contribution in [1.29, 1.82) is 0 Å². The van der Waals surface area contributed by atoms with Gasteiger partial charge in [-0.15, -0.1) is 13.2 Å². The zero-order chi connectivity index (χ0) is 56.1. The fraction of sp³-hybridized carbons (Fsp3) is 0.794. The molecule has 0 aliphatic carbocycles. The smallest absolute Gasteiger partial charge is 0.407 e. The summed E-state index contributed by atoms with van der Waals surface area (Å²) >= 11 is 0. The van der Waals surface area contributed by atoms with Crippen LogP contribution in [0.3, 0.4) is 0 Å². The van der Waals surface area contributed by atoms with E-state index in [1.54, 1.807) is 0 Å². The molecule has 1 N–H and O–H groups in total. The first-order chi connectivity index (χ1) is 37.6. The van der Waals surface area contributed by atoms with Crippen LogP contribution in [0.25, 0.3) is 0 Å². The summed E-state index contributed by atoms with van der Waals surface area (Å²) in [7, 11) is 0. The first kappa shape index (κ1) is 71.0. The standard InChI is InChI=1S/C63H110N2O12/c1-6-11-16-21-25-34-49-71-62(72-50-35-26-22-17-12-7-2)44-43-61(69)76-54-56(53-75-60(68)42-41-57(38-29-20-15-10-5)77-63(70)64-45-48-65-46-32-33-47-65)52-74-59(67)40-31-30-39-58(66)73-51-55(36-27-23-18-13-8-3)37-28-24-19-14-9-4/h8-9,11-12,16-17,55-57,62H,3-4,6-7,10,13-15,18-54H2,1-2,5H3,(H,64,70)/b16-11-,17-12-. The molecule has 1 aliphatic rings. The molecule has 0 aromatic rings. The highest BCUT2D eigenvalue weighted by Crippen LogP contribution is 2.21. The van der Waals surface area contributed by atoms with Gasteiger partial charge in [-0.1, -0.05) is 102 Å². The van der Waals surface area contributed by atoms with Gasteiger partial charge in [0.1, 0.15) is 25.9 Å². The van der Waals surface area contributed by atoms with E-state index in [1.807, 2.05) is 12.2 Å². The van der Waals surface area contributed by atoms with Crippen molar-refractivity contribution in [3.8, 4) is 0 Å². The van der Waals surface area contributed by atoms with Gasteiger partial charge in [-0.05, 0) is 154 Å². The third-order valence-corrected chi connectivity index (χ3v) is 13.7. The number of hydrogen-bond donors (Lipinski definition) is 1. The van der Waals surface area contributed by atoms with Gasteiger partial charge in [-0.2, -0.15) is 0 Å². The van der Waals surface area contributed by atoms with E-state index in [2.05, 4.69) is 68.4 Å². The number of carbonyl (C=O) groups excluding carboxylic acids is 5. The molecule has 444 valence electrons. The van der Waals surface area contributed by atoms with Crippen molar-refractivity contribution in [3.05, 3.63) is 49.6 Å². The number of rotatable bonds is 54. The zero-order valence-electron chi connectivity index (χ0n) is 48.9. The SMILES string of the molecule is C=CCCCCCC(CCCCCC=C)COC(=O)CCCCC(=O)OCC(COC(=O)CCC(CCCCCC)OC(=O)NCCN1CCCC1)COC(=O)CCC(OCCCC/C=C\CC)OCCCC/C=C\CC. The molecule has 1 rings (SSSR count). The van der Waals surface area contributed by atoms with Gasteiger partial charge in [0.25, 0.3) is 0 Å². The van der Waals surface area contributed by atoms with Crippen LogP contribution in [0.1, 0.15) is 233 Å². The number of nitrogens with zero attached hydrogens (tertiary/aromatic N) is 1. The van der Waals surface area contributed by atoms with Gasteiger partial charge >= 0.3 is 30.0 Å². The van der Waals surface area contributed by atoms with Crippen LogP contribution in [0.15, 0.2) is 49.6 Å². The number of likely N-dealkylation sites (tertiary alicyclic amines) is 1. The lowest BCUT2D eigenvalue weighted by Crippen LogP contribution is -2.35. The van der Waals surface area contributed by atoms with E-state index in [0.29, 0.717) is 64.4 Å². The van der Waals surface area contributed by atoms with Gasteiger partial charge < -0.3 is 43.4 Å². The monoisotopic (exact) mass is 1090 g/mol. The molecule has 14 heteroatoms. The fourth-order valence-electron chi connectivity index (χ4n) is 8.96. The Hall–Kier alpha value is -4.01. The highest BCUT2D eigenvalue weighted by molar-refractivity contribution is 5.71. The summed E-state index contributed by atoms with van der Waals surface area (Å²) in [5.74, 6) is -1.97. The van der Waals surface area contributed by atoms with Crippen LogP contribution < -0.4 is 5.32 Å². The quantitative estimate of drug-likeness (QED) is 0.0201. The molecule has 0 radical (unpaired) electrons. The van der Waals surface area contributed by atoms with E-state index >= 15 is 0 Å². The van der Waals surface area contributed by atoms with Crippen molar-refractivity contribution in [2.24, 2.45) is 11.8 Å². The molecule has 0 bridgehead atoms. The number of allylic oxidation sites excluding steroid dienone is 6. The lowest BCUT2D eigenvalue weighted by molar-refractivity contribution is -0.162. The molecule has 1 fully saturated rings. The molecule has 1 saturated heterocycles. The van der Waals surface area contributed by atoms with Crippen molar-refractivity contribution in [1.82, 2.24) is 10.2 Å². The Kier molecular flexibility index (Phi) is 48.6. The Morgan fingerprint density at radius 3 is 1.47 bits per heavy atom. The number of amides is 1. The number of unbranched alkanes of at least 4 members (excludes halogenated alkanes) is 14. The maximum absolute atomic E-state index is 13.2. The Labute approximate surface area is 468 Å². The fourth-order valence-corrected chi connectivity index (χ4v) is 8.96. The molecule has 1 amide bonds. The minimum Gasteiger partial charge on any atom is -0.465 e. The molecular weight excluding hydrogens is 977 g/mol. The van der Waals surface area contributed by atoms with Gasteiger partial charge in [0.15, 0.2) is 6.29 Å². The lowest BCUT2D eigenvalue weighted by Gasteiger charge is -2.20. The van der Waals surface area contributed by atoms with E-state index in [0.717, 1.165) is 161 Å². The normalized spacial score (nSPS) is 13.6. The van der Waals surface area contributed by atoms with E-state index < -0.39 is 42.3 Å². The number of carbonyl (C=O) groups is 5. The Morgan fingerprint density at radius 2 is 0.961 bits per heavy atom. The van der Waals surface area contributed by atoms with Crippen molar-refractivity contribution >= 4 is 30.0 Å². The van der Waals surface area contributed by atoms with Crippen LogP contribution in [0, 0.1) is 11.8 Å². The van der Waals surface area contributed by atoms with Crippen molar-refractivity contribution < 1.29 is 57.1 Å². The third-order valence-electron chi connectivity index (χ3n) is 13.7. The summed E-state index contributed by atoms with van der Waals surface area (Å²) in [5, 5.41) is 2.87. The lowest BCUT2D eigenvalue weighted by atomic mass is 9.95. The van der Waals surface area contributed by atoms with Gasteiger partial charge in [0.05, 0.1) is 18.9 Å². The van der Waals surface area contributed by atoms with Crippen LogP contribution >= 0.6 is 0 Å². The number of hydrogen-bond acceptors (Lipinski definition) is 13. The van der Waals surface area contributed by atoms with Crippen LogP contribution in [-0.4, -0.2) is 113 Å². The second-order valence-electron chi connectivity index (χ2n) is 20.9. The molecule has 0 spiro atoms.